The normalized spacial score (nSPS) is 20.9. The molecule has 0 aromatic heterocycles. The van der Waals surface area contributed by atoms with Crippen molar-refractivity contribution < 1.29 is 4.74 Å². The van der Waals surface area contributed by atoms with Gasteiger partial charge in [0.2, 0.25) is 0 Å². The number of hydrogen-bond donors (Lipinski definition) is 1. The minimum absolute atomic E-state index is 0.526. The second-order valence-corrected chi connectivity index (χ2v) is 4.83. The number of hydrogen-bond acceptors (Lipinski definition) is 2. The van der Waals surface area contributed by atoms with Gasteiger partial charge in [-0.25, -0.2) is 0 Å². The Morgan fingerprint density at radius 2 is 2.29 bits per heavy atom. The number of nitrogens with one attached hydrogen (secondary N) is 1. The standard InChI is InChI=1S/C15H27NO/c1-3-5-6-8-14(16-12-4-2)10-11-15-9-7-13-17-15/h14-16H,4,6-13H2,1-2H3. The molecule has 0 aliphatic carbocycles. The Bertz CT molecular complexity index is 235. The summed E-state index contributed by atoms with van der Waals surface area (Å²) in [6, 6.07) is 0.625. The maximum atomic E-state index is 5.68. The first-order valence-electron chi connectivity index (χ1n) is 7.11. The molecule has 2 heteroatoms. The van der Waals surface area contributed by atoms with Crippen molar-refractivity contribution >= 4 is 0 Å². The summed E-state index contributed by atoms with van der Waals surface area (Å²) in [4.78, 5) is 0. The van der Waals surface area contributed by atoms with Gasteiger partial charge in [-0.1, -0.05) is 6.92 Å². The van der Waals surface area contributed by atoms with Crippen LogP contribution in [0, 0.1) is 11.8 Å². The van der Waals surface area contributed by atoms with Crippen molar-refractivity contribution in [1.29, 1.82) is 0 Å². The molecule has 1 N–H and O–H groups in total. The van der Waals surface area contributed by atoms with Gasteiger partial charge in [-0.05, 0) is 52.0 Å². The second kappa shape index (κ2) is 9.50. The van der Waals surface area contributed by atoms with Crippen LogP contribution in [-0.2, 0) is 4.74 Å². The van der Waals surface area contributed by atoms with Crippen molar-refractivity contribution in [3.63, 3.8) is 0 Å². The van der Waals surface area contributed by atoms with Crippen LogP contribution in [0.25, 0.3) is 0 Å². The summed E-state index contributed by atoms with van der Waals surface area (Å²) >= 11 is 0. The number of rotatable bonds is 8. The van der Waals surface area contributed by atoms with Crippen LogP contribution in [0.5, 0.6) is 0 Å². The van der Waals surface area contributed by atoms with E-state index in [-0.39, 0.29) is 0 Å². The van der Waals surface area contributed by atoms with Crippen molar-refractivity contribution in [1.82, 2.24) is 5.32 Å². The highest BCUT2D eigenvalue weighted by Crippen LogP contribution is 2.18. The molecule has 0 bridgehead atoms. The van der Waals surface area contributed by atoms with E-state index >= 15 is 0 Å². The first-order valence-corrected chi connectivity index (χ1v) is 7.11. The molecule has 0 amide bonds. The monoisotopic (exact) mass is 237 g/mol. The maximum Gasteiger partial charge on any atom is 0.0576 e. The van der Waals surface area contributed by atoms with Gasteiger partial charge in [-0.2, -0.15) is 0 Å². The third-order valence-electron chi connectivity index (χ3n) is 3.34. The molecule has 1 fully saturated rings. The second-order valence-electron chi connectivity index (χ2n) is 4.83. The zero-order valence-electron chi connectivity index (χ0n) is 11.4. The van der Waals surface area contributed by atoms with Crippen LogP contribution in [0.2, 0.25) is 0 Å². The van der Waals surface area contributed by atoms with E-state index in [9.17, 15) is 0 Å². The third kappa shape index (κ3) is 6.71. The van der Waals surface area contributed by atoms with Crippen molar-refractivity contribution in [3.8, 4) is 11.8 Å². The van der Waals surface area contributed by atoms with E-state index in [0.717, 1.165) is 19.6 Å². The zero-order valence-corrected chi connectivity index (χ0v) is 11.4. The van der Waals surface area contributed by atoms with Crippen LogP contribution in [0.4, 0.5) is 0 Å². The molecule has 0 aromatic carbocycles. The van der Waals surface area contributed by atoms with Gasteiger partial charge in [0.15, 0.2) is 0 Å². The quantitative estimate of drug-likeness (QED) is 0.655. The SMILES string of the molecule is CC#CCCC(CCC1CCCO1)NCCC. The molecular formula is C15H27NO. The molecule has 1 saturated heterocycles. The van der Waals surface area contributed by atoms with Crippen LogP contribution in [-0.4, -0.2) is 25.3 Å². The molecule has 2 nitrogen and oxygen atoms in total. The topological polar surface area (TPSA) is 21.3 Å². The van der Waals surface area contributed by atoms with E-state index in [2.05, 4.69) is 24.1 Å². The maximum absolute atomic E-state index is 5.68. The first kappa shape index (κ1) is 14.5. The molecular weight excluding hydrogens is 210 g/mol. The lowest BCUT2D eigenvalue weighted by molar-refractivity contribution is 0.0993. The lowest BCUT2D eigenvalue weighted by Gasteiger charge is -2.19. The molecule has 1 aliphatic rings. The van der Waals surface area contributed by atoms with E-state index in [1.54, 1.807) is 0 Å². The Morgan fingerprint density at radius 3 is 2.94 bits per heavy atom. The average molecular weight is 237 g/mol. The van der Waals surface area contributed by atoms with E-state index < -0.39 is 0 Å². The molecule has 0 aromatic rings. The Morgan fingerprint density at radius 1 is 1.41 bits per heavy atom. The fourth-order valence-electron chi connectivity index (χ4n) is 2.33. The van der Waals surface area contributed by atoms with Gasteiger partial charge in [-0.15, -0.1) is 11.8 Å². The van der Waals surface area contributed by atoms with Crippen LogP contribution in [0.1, 0.15) is 58.8 Å². The average Bonchev–Trinajstić information content (AvgIpc) is 2.85. The van der Waals surface area contributed by atoms with Crippen LogP contribution in [0.15, 0.2) is 0 Å². The van der Waals surface area contributed by atoms with Crippen molar-refractivity contribution in [2.45, 2.75) is 70.9 Å². The van der Waals surface area contributed by atoms with Gasteiger partial charge < -0.3 is 10.1 Å². The molecule has 17 heavy (non-hydrogen) atoms. The third-order valence-corrected chi connectivity index (χ3v) is 3.34. The molecule has 0 spiro atoms. The highest BCUT2D eigenvalue weighted by atomic mass is 16.5. The minimum atomic E-state index is 0.526. The molecule has 0 saturated carbocycles. The molecule has 2 atom stereocenters. The molecule has 2 unspecified atom stereocenters. The van der Waals surface area contributed by atoms with Crippen molar-refractivity contribution in [3.05, 3.63) is 0 Å². The molecule has 98 valence electrons. The summed E-state index contributed by atoms with van der Waals surface area (Å²) in [6.07, 6.45) is 8.87. The van der Waals surface area contributed by atoms with Gasteiger partial charge in [-0.3, -0.25) is 0 Å². The Balaban J connectivity index is 2.19. The summed E-state index contributed by atoms with van der Waals surface area (Å²) in [5.41, 5.74) is 0. The number of ether oxygens (including phenoxy) is 1. The van der Waals surface area contributed by atoms with Gasteiger partial charge >= 0.3 is 0 Å². The highest BCUT2D eigenvalue weighted by molar-refractivity contribution is 4.95. The van der Waals surface area contributed by atoms with E-state index in [1.165, 1.54) is 38.5 Å². The fraction of sp³-hybridized carbons (Fsp3) is 0.867. The van der Waals surface area contributed by atoms with Crippen molar-refractivity contribution in [2.24, 2.45) is 0 Å². The smallest absolute Gasteiger partial charge is 0.0576 e. The summed E-state index contributed by atoms with van der Waals surface area (Å²) in [7, 11) is 0. The summed E-state index contributed by atoms with van der Waals surface area (Å²) in [5, 5.41) is 3.63. The fourth-order valence-corrected chi connectivity index (χ4v) is 2.33. The predicted molar refractivity (Wildman–Crippen MR) is 73.0 cm³/mol. The Labute approximate surface area is 107 Å². The zero-order chi connectivity index (χ0) is 12.3. The van der Waals surface area contributed by atoms with Gasteiger partial charge in [0, 0.05) is 19.1 Å². The summed E-state index contributed by atoms with van der Waals surface area (Å²) in [5.74, 6) is 6.14. The molecule has 1 aliphatic heterocycles. The Hall–Kier alpha value is -0.520. The molecule has 1 rings (SSSR count). The largest absolute Gasteiger partial charge is 0.378 e. The van der Waals surface area contributed by atoms with Gasteiger partial charge in [0.1, 0.15) is 0 Å². The lowest BCUT2D eigenvalue weighted by Crippen LogP contribution is -2.30. The highest BCUT2D eigenvalue weighted by Gasteiger charge is 2.17. The van der Waals surface area contributed by atoms with E-state index in [4.69, 9.17) is 4.74 Å². The van der Waals surface area contributed by atoms with E-state index in [0.29, 0.717) is 12.1 Å². The molecule has 1 heterocycles. The van der Waals surface area contributed by atoms with Crippen molar-refractivity contribution in [2.75, 3.05) is 13.2 Å². The van der Waals surface area contributed by atoms with Crippen LogP contribution in [0.3, 0.4) is 0 Å². The van der Waals surface area contributed by atoms with E-state index in [1.807, 2.05) is 6.92 Å². The molecule has 0 radical (unpaired) electrons. The summed E-state index contributed by atoms with van der Waals surface area (Å²) < 4.78 is 5.68. The lowest BCUT2D eigenvalue weighted by atomic mass is 10.0. The Kier molecular flexibility index (Phi) is 8.13. The minimum Gasteiger partial charge on any atom is -0.378 e. The van der Waals surface area contributed by atoms with Gasteiger partial charge in [0.05, 0.1) is 6.10 Å². The first-order chi connectivity index (χ1) is 8.36. The van der Waals surface area contributed by atoms with Gasteiger partial charge in [0.25, 0.3) is 0 Å². The van der Waals surface area contributed by atoms with Crippen LogP contribution >= 0.6 is 0 Å². The summed E-state index contributed by atoms with van der Waals surface area (Å²) in [6.45, 7) is 6.23. The predicted octanol–water partition coefficient (Wildman–Crippen LogP) is 3.12. The van der Waals surface area contributed by atoms with Crippen LogP contribution < -0.4 is 5.32 Å².